The molecule has 1 N–H and O–H groups in total. The van der Waals surface area contributed by atoms with Crippen LogP contribution in [0.15, 0.2) is 23.2 Å². The summed E-state index contributed by atoms with van der Waals surface area (Å²) in [6, 6.07) is 0.958. The lowest BCUT2D eigenvalue weighted by atomic mass is 9.92. The van der Waals surface area contributed by atoms with Crippen LogP contribution >= 0.6 is 11.6 Å². The maximum Gasteiger partial charge on any atom is 0.329 e. The van der Waals surface area contributed by atoms with Gasteiger partial charge in [0.15, 0.2) is 6.23 Å². The van der Waals surface area contributed by atoms with E-state index < -0.39 is 6.23 Å². The van der Waals surface area contributed by atoms with Crippen LogP contribution < -0.4 is 4.90 Å². The van der Waals surface area contributed by atoms with Gasteiger partial charge in [-0.05, 0) is 6.92 Å². The minimum Gasteiger partial charge on any atom is -0.371 e. The summed E-state index contributed by atoms with van der Waals surface area (Å²) >= 11 is 5.91. The minimum absolute atomic E-state index is 0.221. The molecular formula is C14H20ClN3O3. The van der Waals surface area contributed by atoms with E-state index in [1.807, 2.05) is 13.8 Å². The summed E-state index contributed by atoms with van der Waals surface area (Å²) in [5.41, 5.74) is 0.269. The molecule has 1 saturated heterocycles. The number of rotatable bonds is 5. The number of aromatic nitrogens is 1. The molecular weight excluding hydrogens is 294 g/mol. The first-order valence-corrected chi connectivity index (χ1v) is 7.29. The lowest BCUT2D eigenvalue weighted by Crippen LogP contribution is -2.35. The molecule has 1 aliphatic heterocycles. The standard InChI is InChI=1S/C14H20ClN3O3/c1-5-6-17-9(2)12(19)18(13(17)20)11-7-10(16-21-11)14(3,4)8-15/h5,7,9,12,19H,1,6,8H2,2-4H3. The Balaban J connectivity index is 2.30. The molecule has 2 unspecified atom stereocenters. The highest BCUT2D eigenvalue weighted by molar-refractivity contribution is 6.18. The van der Waals surface area contributed by atoms with Gasteiger partial charge in [-0.2, -0.15) is 0 Å². The van der Waals surface area contributed by atoms with Crippen LogP contribution in [0.1, 0.15) is 26.5 Å². The van der Waals surface area contributed by atoms with E-state index in [9.17, 15) is 9.90 Å². The van der Waals surface area contributed by atoms with Crippen molar-refractivity contribution in [3.8, 4) is 0 Å². The third-order valence-corrected chi connectivity index (χ3v) is 4.40. The highest BCUT2D eigenvalue weighted by Crippen LogP contribution is 2.32. The zero-order chi connectivity index (χ0) is 15.8. The van der Waals surface area contributed by atoms with Gasteiger partial charge < -0.3 is 14.5 Å². The van der Waals surface area contributed by atoms with Gasteiger partial charge in [-0.25, -0.2) is 9.69 Å². The zero-order valence-electron chi connectivity index (χ0n) is 12.4. The number of hydrogen-bond donors (Lipinski definition) is 1. The number of alkyl halides is 1. The van der Waals surface area contributed by atoms with Crippen LogP contribution in [0, 0.1) is 0 Å². The molecule has 1 aliphatic rings. The van der Waals surface area contributed by atoms with Gasteiger partial charge in [-0.3, -0.25) is 0 Å². The Labute approximate surface area is 128 Å². The molecule has 2 rings (SSSR count). The Hall–Kier alpha value is -1.53. The van der Waals surface area contributed by atoms with Gasteiger partial charge in [0.1, 0.15) is 0 Å². The van der Waals surface area contributed by atoms with Crippen molar-refractivity contribution in [1.29, 1.82) is 0 Å². The van der Waals surface area contributed by atoms with Crippen molar-refractivity contribution in [1.82, 2.24) is 10.1 Å². The van der Waals surface area contributed by atoms with Crippen molar-refractivity contribution in [3.63, 3.8) is 0 Å². The van der Waals surface area contributed by atoms with E-state index in [2.05, 4.69) is 11.7 Å². The fraction of sp³-hybridized carbons (Fsp3) is 0.571. The van der Waals surface area contributed by atoms with Crippen molar-refractivity contribution >= 4 is 23.5 Å². The summed E-state index contributed by atoms with van der Waals surface area (Å²) in [6.45, 7) is 9.61. The number of amides is 2. The quantitative estimate of drug-likeness (QED) is 0.669. The van der Waals surface area contributed by atoms with Crippen LogP contribution in [0.3, 0.4) is 0 Å². The van der Waals surface area contributed by atoms with Crippen LogP contribution in [0.25, 0.3) is 0 Å². The first kappa shape index (κ1) is 15.9. The Morgan fingerprint density at radius 3 is 2.86 bits per heavy atom. The Bertz CT molecular complexity index is 543. The molecule has 6 nitrogen and oxygen atoms in total. The van der Waals surface area contributed by atoms with Crippen molar-refractivity contribution < 1.29 is 14.4 Å². The molecule has 2 atom stereocenters. The van der Waals surface area contributed by atoms with E-state index in [0.717, 1.165) is 0 Å². The number of halogens is 1. The van der Waals surface area contributed by atoms with Gasteiger partial charge >= 0.3 is 6.03 Å². The van der Waals surface area contributed by atoms with Gasteiger partial charge in [-0.15, -0.1) is 18.2 Å². The summed E-state index contributed by atoms with van der Waals surface area (Å²) in [6.07, 6.45) is 0.630. The molecule has 116 valence electrons. The average molecular weight is 314 g/mol. The number of aliphatic hydroxyl groups excluding tert-OH is 1. The Morgan fingerprint density at radius 1 is 1.62 bits per heavy atom. The number of carbonyl (C=O) groups excluding carboxylic acids is 1. The van der Waals surface area contributed by atoms with E-state index in [0.29, 0.717) is 18.1 Å². The largest absolute Gasteiger partial charge is 0.371 e. The smallest absolute Gasteiger partial charge is 0.329 e. The fourth-order valence-corrected chi connectivity index (χ4v) is 2.31. The van der Waals surface area contributed by atoms with E-state index in [1.165, 1.54) is 9.80 Å². The molecule has 1 aromatic heterocycles. The van der Waals surface area contributed by atoms with Crippen molar-refractivity contribution in [2.45, 2.75) is 38.5 Å². The molecule has 7 heteroatoms. The van der Waals surface area contributed by atoms with Gasteiger partial charge in [0.05, 0.1) is 11.7 Å². The molecule has 0 radical (unpaired) electrons. The van der Waals surface area contributed by atoms with Gasteiger partial charge in [0, 0.05) is 23.9 Å². The van der Waals surface area contributed by atoms with Crippen molar-refractivity contribution in [2.24, 2.45) is 0 Å². The number of anilines is 1. The lowest BCUT2D eigenvalue weighted by molar-refractivity contribution is 0.130. The summed E-state index contributed by atoms with van der Waals surface area (Å²) < 4.78 is 5.24. The number of aliphatic hydroxyl groups is 1. The summed E-state index contributed by atoms with van der Waals surface area (Å²) in [5.74, 6) is 0.591. The van der Waals surface area contributed by atoms with Crippen LogP contribution in [-0.4, -0.2) is 45.9 Å². The molecule has 0 aromatic carbocycles. The van der Waals surface area contributed by atoms with Crippen LogP contribution in [0.5, 0.6) is 0 Å². The molecule has 0 bridgehead atoms. The third-order valence-electron chi connectivity index (χ3n) is 3.73. The highest BCUT2D eigenvalue weighted by Gasteiger charge is 2.44. The van der Waals surface area contributed by atoms with E-state index in [1.54, 1.807) is 19.1 Å². The minimum atomic E-state index is -0.989. The second kappa shape index (κ2) is 5.69. The number of urea groups is 1. The molecule has 0 spiro atoms. The molecule has 2 amide bonds. The topological polar surface area (TPSA) is 69.8 Å². The second-order valence-corrected chi connectivity index (χ2v) is 6.08. The summed E-state index contributed by atoms with van der Waals surface area (Å²) in [5, 5.41) is 14.2. The molecule has 1 fully saturated rings. The zero-order valence-corrected chi connectivity index (χ0v) is 13.2. The molecule has 21 heavy (non-hydrogen) atoms. The molecule has 0 saturated carbocycles. The first-order chi connectivity index (χ1) is 9.83. The maximum absolute atomic E-state index is 12.4. The van der Waals surface area contributed by atoms with Gasteiger partial charge in [0.2, 0.25) is 5.88 Å². The van der Waals surface area contributed by atoms with Gasteiger partial charge in [-0.1, -0.05) is 25.1 Å². The van der Waals surface area contributed by atoms with Crippen LogP contribution in [0.4, 0.5) is 10.7 Å². The van der Waals surface area contributed by atoms with E-state index in [4.69, 9.17) is 16.1 Å². The van der Waals surface area contributed by atoms with Crippen LogP contribution in [-0.2, 0) is 5.41 Å². The maximum atomic E-state index is 12.4. The summed E-state index contributed by atoms with van der Waals surface area (Å²) in [4.78, 5) is 15.1. The van der Waals surface area contributed by atoms with E-state index in [-0.39, 0.29) is 23.4 Å². The Kier molecular flexibility index (Phi) is 4.30. The highest BCUT2D eigenvalue weighted by atomic mass is 35.5. The lowest BCUT2D eigenvalue weighted by Gasteiger charge is -2.18. The fourth-order valence-electron chi connectivity index (χ4n) is 2.18. The van der Waals surface area contributed by atoms with Crippen molar-refractivity contribution in [2.75, 3.05) is 17.3 Å². The Morgan fingerprint density at radius 2 is 2.29 bits per heavy atom. The number of carbonyl (C=O) groups is 1. The second-order valence-electron chi connectivity index (χ2n) is 5.82. The third kappa shape index (κ3) is 2.65. The van der Waals surface area contributed by atoms with Gasteiger partial charge in [0.25, 0.3) is 0 Å². The number of hydrogen-bond acceptors (Lipinski definition) is 4. The molecule has 1 aromatic rings. The monoisotopic (exact) mass is 313 g/mol. The predicted molar refractivity (Wildman–Crippen MR) is 80.5 cm³/mol. The van der Waals surface area contributed by atoms with Crippen LogP contribution in [0.2, 0.25) is 0 Å². The average Bonchev–Trinajstić information content (AvgIpc) is 3.00. The van der Waals surface area contributed by atoms with E-state index >= 15 is 0 Å². The first-order valence-electron chi connectivity index (χ1n) is 6.75. The predicted octanol–water partition coefficient (Wildman–Crippen LogP) is 2.33. The molecule has 2 heterocycles. The van der Waals surface area contributed by atoms with Crippen molar-refractivity contribution in [3.05, 3.63) is 24.4 Å². The molecule has 0 aliphatic carbocycles. The normalized spacial score (nSPS) is 23.0. The number of nitrogens with zero attached hydrogens (tertiary/aromatic N) is 3. The SMILES string of the molecule is C=CCN1C(=O)N(c2cc(C(C)(C)CCl)no2)C(O)C1C. The summed E-state index contributed by atoms with van der Waals surface area (Å²) in [7, 11) is 0.